The molecule has 0 spiro atoms. The van der Waals surface area contributed by atoms with E-state index in [1.807, 2.05) is 0 Å². The first-order valence-electron chi connectivity index (χ1n) is 7.80. The highest BCUT2D eigenvalue weighted by Crippen LogP contribution is 2.25. The Kier molecular flexibility index (Phi) is 5.91. The molecule has 1 heterocycles. The number of amides is 1. The summed E-state index contributed by atoms with van der Waals surface area (Å²) in [6.45, 7) is 1.54. The number of furan rings is 1. The van der Waals surface area contributed by atoms with Crippen LogP contribution >= 0.6 is 0 Å². The normalized spacial score (nSPS) is 11.3. The van der Waals surface area contributed by atoms with E-state index in [-0.39, 0.29) is 34.1 Å². The zero-order chi connectivity index (χ0) is 20.4. The van der Waals surface area contributed by atoms with Crippen LogP contribution in [0.3, 0.4) is 0 Å². The number of methoxy groups -OCH3 is 1. The van der Waals surface area contributed by atoms with Gasteiger partial charge in [-0.2, -0.15) is 0 Å². The molecule has 0 bridgehead atoms. The van der Waals surface area contributed by atoms with Crippen molar-refractivity contribution in [1.29, 1.82) is 0 Å². The predicted octanol–water partition coefficient (Wildman–Crippen LogP) is 1.48. The van der Waals surface area contributed by atoms with Crippen molar-refractivity contribution in [3.8, 4) is 5.75 Å². The zero-order valence-electron chi connectivity index (χ0n) is 15.3. The molecule has 0 aliphatic heterocycles. The van der Waals surface area contributed by atoms with Crippen LogP contribution in [0.5, 0.6) is 5.75 Å². The zero-order valence-corrected chi connectivity index (χ0v) is 16.1. The SMILES string of the molecule is CNS(=O)(=O)c1cc(C(=O)N(C)Cc2cc(C(=O)O)c(C)o2)ccc1OC. The summed E-state index contributed by atoms with van der Waals surface area (Å²) < 4.78 is 36.9. The van der Waals surface area contributed by atoms with Crippen LogP contribution in [-0.4, -0.2) is 51.5 Å². The van der Waals surface area contributed by atoms with Gasteiger partial charge in [0.1, 0.15) is 27.7 Å². The number of rotatable bonds is 7. The Bertz CT molecular complexity index is 979. The van der Waals surface area contributed by atoms with Gasteiger partial charge in [0, 0.05) is 12.6 Å². The largest absolute Gasteiger partial charge is 0.495 e. The average Bonchev–Trinajstić information content (AvgIpc) is 3.00. The van der Waals surface area contributed by atoms with Gasteiger partial charge in [-0.15, -0.1) is 0 Å². The molecule has 0 saturated heterocycles. The van der Waals surface area contributed by atoms with E-state index in [1.54, 1.807) is 0 Å². The summed E-state index contributed by atoms with van der Waals surface area (Å²) in [5, 5.41) is 9.06. The number of carbonyl (C=O) groups excluding carboxylic acids is 1. The summed E-state index contributed by atoms with van der Waals surface area (Å²) in [5.41, 5.74) is 0.159. The van der Waals surface area contributed by atoms with Crippen molar-refractivity contribution in [2.24, 2.45) is 0 Å². The minimum atomic E-state index is -3.82. The summed E-state index contributed by atoms with van der Waals surface area (Å²) in [5.74, 6) is -0.927. The first kappa shape index (κ1) is 20.5. The summed E-state index contributed by atoms with van der Waals surface area (Å²) in [6, 6.07) is 5.42. The Morgan fingerprint density at radius 1 is 1.30 bits per heavy atom. The third-order valence-electron chi connectivity index (χ3n) is 3.91. The number of benzene rings is 1. The maximum Gasteiger partial charge on any atom is 0.339 e. The van der Waals surface area contributed by atoms with E-state index in [4.69, 9.17) is 14.3 Å². The van der Waals surface area contributed by atoms with Crippen molar-refractivity contribution >= 4 is 21.9 Å². The maximum atomic E-state index is 12.7. The molecule has 1 aromatic heterocycles. The topological polar surface area (TPSA) is 126 Å². The monoisotopic (exact) mass is 396 g/mol. The van der Waals surface area contributed by atoms with Crippen LogP contribution in [0.25, 0.3) is 0 Å². The average molecular weight is 396 g/mol. The summed E-state index contributed by atoms with van der Waals surface area (Å²) in [4.78, 5) is 24.9. The van der Waals surface area contributed by atoms with Crippen LogP contribution in [0.1, 0.15) is 32.2 Å². The van der Waals surface area contributed by atoms with E-state index < -0.39 is 21.9 Å². The molecule has 2 aromatic rings. The van der Waals surface area contributed by atoms with E-state index in [0.717, 1.165) is 0 Å². The molecule has 9 nitrogen and oxygen atoms in total. The van der Waals surface area contributed by atoms with Gasteiger partial charge in [-0.25, -0.2) is 17.9 Å². The smallest absolute Gasteiger partial charge is 0.339 e. The van der Waals surface area contributed by atoms with Crippen LogP contribution in [0, 0.1) is 6.92 Å². The van der Waals surface area contributed by atoms with Crippen molar-refractivity contribution in [2.75, 3.05) is 21.2 Å². The molecule has 1 amide bonds. The van der Waals surface area contributed by atoms with Crippen molar-refractivity contribution in [3.05, 3.63) is 46.9 Å². The van der Waals surface area contributed by atoms with Gasteiger partial charge in [-0.1, -0.05) is 0 Å². The molecule has 0 atom stereocenters. The maximum absolute atomic E-state index is 12.7. The number of nitrogens with one attached hydrogen (secondary N) is 1. The van der Waals surface area contributed by atoms with Crippen molar-refractivity contribution < 1.29 is 32.3 Å². The van der Waals surface area contributed by atoms with Gasteiger partial charge < -0.3 is 19.2 Å². The Balaban J connectivity index is 2.30. The van der Waals surface area contributed by atoms with Gasteiger partial charge in [0.2, 0.25) is 10.0 Å². The summed E-state index contributed by atoms with van der Waals surface area (Å²) in [6.07, 6.45) is 0. The molecular formula is C17H20N2O7S. The molecule has 10 heteroatoms. The molecule has 2 rings (SSSR count). The van der Waals surface area contributed by atoms with Crippen LogP contribution in [0.4, 0.5) is 0 Å². The molecule has 0 unspecified atom stereocenters. The molecule has 0 radical (unpaired) electrons. The molecule has 146 valence electrons. The van der Waals surface area contributed by atoms with E-state index in [9.17, 15) is 18.0 Å². The van der Waals surface area contributed by atoms with Gasteiger partial charge in [0.25, 0.3) is 5.91 Å². The van der Waals surface area contributed by atoms with Crippen molar-refractivity contribution in [2.45, 2.75) is 18.4 Å². The van der Waals surface area contributed by atoms with Gasteiger partial charge in [0.15, 0.2) is 0 Å². The number of carbonyl (C=O) groups is 2. The Labute approximate surface area is 156 Å². The Hall–Kier alpha value is -2.85. The third-order valence-corrected chi connectivity index (χ3v) is 5.34. The minimum absolute atomic E-state index is 0.0209. The number of aryl methyl sites for hydroxylation is 1. The number of nitrogens with zero attached hydrogens (tertiary/aromatic N) is 1. The van der Waals surface area contributed by atoms with E-state index in [2.05, 4.69) is 4.72 Å². The van der Waals surface area contributed by atoms with Crippen LogP contribution in [-0.2, 0) is 16.6 Å². The number of hydrogen-bond acceptors (Lipinski definition) is 6. The lowest BCUT2D eigenvalue weighted by Crippen LogP contribution is -2.27. The van der Waals surface area contributed by atoms with Gasteiger partial charge in [0.05, 0.1) is 13.7 Å². The van der Waals surface area contributed by atoms with Crippen molar-refractivity contribution in [3.63, 3.8) is 0 Å². The molecule has 2 N–H and O–H groups in total. The number of carboxylic acids is 1. The summed E-state index contributed by atoms with van der Waals surface area (Å²) in [7, 11) is 0.263. The fraction of sp³-hybridized carbons (Fsp3) is 0.294. The van der Waals surface area contributed by atoms with Crippen LogP contribution in [0.15, 0.2) is 33.6 Å². The molecule has 0 fully saturated rings. The Morgan fingerprint density at radius 2 is 1.96 bits per heavy atom. The lowest BCUT2D eigenvalue weighted by Gasteiger charge is -2.17. The second-order valence-electron chi connectivity index (χ2n) is 5.72. The molecule has 0 saturated carbocycles. The standard InChI is InChI=1S/C17H20N2O7S/c1-10-13(17(21)22)8-12(26-10)9-19(3)16(20)11-5-6-14(25-4)15(7-11)27(23,24)18-2/h5-8,18H,9H2,1-4H3,(H,21,22). The quantitative estimate of drug-likeness (QED) is 0.726. The molecular weight excluding hydrogens is 376 g/mol. The van der Waals surface area contributed by atoms with Crippen molar-refractivity contribution in [1.82, 2.24) is 9.62 Å². The van der Waals surface area contributed by atoms with Crippen LogP contribution < -0.4 is 9.46 Å². The minimum Gasteiger partial charge on any atom is -0.495 e. The number of aromatic carboxylic acids is 1. The summed E-state index contributed by atoms with van der Waals surface area (Å²) >= 11 is 0. The molecule has 1 aromatic carbocycles. The number of hydrogen-bond donors (Lipinski definition) is 2. The lowest BCUT2D eigenvalue weighted by molar-refractivity contribution is 0.0694. The molecule has 0 aliphatic carbocycles. The van der Waals surface area contributed by atoms with Crippen LogP contribution in [0.2, 0.25) is 0 Å². The Morgan fingerprint density at radius 3 is 2.48 bits per heavy atom. The van der Waals surface area contributed by atoms with E-state index >= 15 is 0 Å². The van der Waals surface area contributed by atoms with E-state index in [1.165, 1.54) is 57.3 Å². The van der Waals surface area contributed by atoms with Gasteiger partial charge >= 0.3 is 5.97 Å². The first-order chi connectivity index (χ1) is 12.6. The number of carboxylic acid groups (broad SMARTS) is 1. The highest BCUT2D eigenvalue weighted by molar-refractivity contribution is 7.89. The number of ether oxygens (including phenoxy) is 1. The second kappa shape index (κ2) is 7.80. The fourth-order valence-corrected chi connectivity index (χ4v) is 3.41. The second-order valence-corrected chi connectivity index (χ2v) is 7.58. The molecule has 0 aliphatic rings. The highest BCUT2D eigenvalue weighted by Gasteiger charge is 2.22. The van der Waals surface area contributed by atoms with E-state index in [0.29, 0.717) is 5.76 Å². The predicted molar refractivity (Wildman–Crippen MR) is 95.4 cm³/mol. The lowest BCUT2D eigenvalue weighted by atomic mass is 10.2. The highest BCUT2D eigenvalue weighted by atomic mass is 32.2. The number of sulfonamides is 1. The first-order valence-corrected chi connectivity index (χ1v) is 9.28. The van der Waals surface area contributed by atoms with Gasteiger partial charge in [-0.3, -0.25) is 4.79 Å². The van der Waals surface area contributed by atoms with Gasteiger partial charge in [-0.05, 0) is 38.2 Å². The molecule has 27 heavy (non-hydrogen) atoms. The fourth-order valence-electron chi connectivity index (χ4n) is 2.49. The third kappa shape index (κ3) is 4.29.